The van der Waals surface area contributed by atoms with Crippen molar-refractivity contribution in [3.05, 3.63) is 53.1 Å². The maximum Gasteiger partial charge on any atom is 0.329 e. The topological polar surface area (TPSA) is 118 Å². The van der Waals surface area contributed by atoms with Gasteiger partial charge in [0.2, 0.25) is 0 Å². The number of hydrazone groups is 1. The highest BCUT2D eigenvalue weighted by Gasteiger charge is 2.11. The summed E-state index contributed by atoms with van der Waals surface area (Å²) in [6.07, 6.45) is 1.35. The van der Waals surface area contributed by atoms with Gasteiger partial charge in [-0.1, -0.05) is 17.7 Å². The van der Waals surface area contributed by atoms with Crippen LogP contribution in [0.4, 0.5) is 5.69 Å². The maximum absolute atomic E-state index is 12.1. The van der Waals surface area contributed by atoms with Gasteiger partial charge in [0.1, 0.15) is 0 Å². The first-order valence-electron chi connectivity index (χ1n) is 8.93. The van der Waals surface area contributed by atoms with E-state index >= 15 is 0 Å². The summed E-state index contributed by atoms with van der Waals surface area (Å²) >= 11 is 5.90. The van der Waals surface area contributed by atoms with E-state index in [9.17, 15) is 14.4 Å². The second-order valence-electron chi connectivity index (χ2n) is 5.76. The van der Waals surface area contributed by atoms with E-state index in [1.165, 1.54) is 13.3 Å². The third-order valence-corrected chi connectivity index (χ3v) is 3.78. The number of hydrogen-bond acceptors (Lipinski definition) is 6. The van der Waals surface area contributed by atoms with Crippen LogP contribution < -0.4 is 25.5 Å². The molecule has 0 heterocycles. The van der Waals surface area contributed by atoms with E-state index < -0.39 is 11.8 Å². The van der Waals surface area contributed by atoms with E-state index in [2.05, 4.69) is 21.2 Å². The molecule has 158 valence electrons. The van der Waals surface area contributed by atoms with E-state index in [1.54, 1.807) is 49.4 Å². The van der Waals surface area contributed by atoms with E-state index in [4.69, 9.17) is 21.1 Å². The van der Waals surface area contributed by atoms with Crippen molar-refractivity contribution in [1.29, 1.82) is 0 Å². The van der Waals surface area contributed by atoms with Crippen LogP contribution >= 0.6 is 11.6 Å². The van der Waals surface area contributed by atoms with Gasteiger partial charge in [0, 0.05) is 17.8 Å². The van der Waals surface area contributed by atoms with Crippen molar-refractivity contribution >= 4 is 41.2 Å². The number of carbonyl (C=O) groups is 3. The molecule has 2 aromatic rings. The van der Waals surface area contributed by atoms with Gasteiger partial charge in [-0.05, 0) is 48.9 Å². The molecule has 3 N–H and O–H groups in total. The van der Waals surface area contributed by atoms with Crippen molar-refractivity contribution in [3.63, 3.8) is 0 Å². The predicted molar refractivity (Wildman–Crippen MR) is 113 cm³/mol. The maximum atomic E-state index is 12.1. The van der Waals surface area contributed by atoms with Crippen LogP contribution in [0.5, 0.6) is 11.5 Å². The van der Waals surface area contributed by atoms with Crippen molar-refractivity contribution in [2.45, 2.75) is 6.92 Å². The SMILES string of the molecule is CCOc1cc(/C=N\NC(=O)C(=O)NC)ccc1OCC(=O)Nc1cccc(Cl)c1. The fourth-order valence-corrected chi connectivity index (χ4v) is 2.42. The highest BCUT2D eigenvalue weighted by Crippen LogP contribution is 2.28. The zero-order valence-corrected chi connectivity index (χ0v) is 17.2. The summed E-state index contributed by atoms with van der Waals surface area (Å²) in [6, 6.07) is 11.7. The van der Waals surface area contributed by atoms with E-state index in [0.717, 1.165) is 0 Å². The number of likely N-dealkylation sites (N-methyl/N-ethyl adjacent to an activating group) is 1. The minimum absolute atomic E-state index is 0.234. The first-order valence-corrected chi connectivity index (χ1v) is 9.31. The average molecular weight is 433 g/mol. The Bertz CT molecular complexity index is 949. The molecule has 30 heavy (non-hydrogen) atoms. The number of anilines is 1. The summed E-state index contributed by atoms with van der Waals surface area (Å²) < 4.78 is 11.1. The van der Waals surface area contributed by atoms with Gasteiger partial charge >= 0.3 is 11.8 Å². The van der Waals surface area contributed by atoms with Gasteiger partial charge in [-0.2, -0.15) is 5.10 Å². The Morgan fingerprint density at radius 2 is 1.87 bits per heavy atom. The quantitative estimate of drug-likeness (QED) is 0.335. The molecular weight excluding hydrogens is 412 g/mol. The van der Waals surface area contributed by atoms with Crippen molar-refractivity contribution < 1.29 is 23.9 Å². The zero-order chi connectivity index (χ0) is 21.9. The van der Waals surface area contributed by atoms with Crippen LogP contribution in [-0.2, 0) is 14.4 Å². The molecule has 9 nitrogen and oxygen atoms in total. The molecule has 0 saturated carbocycles. The molecule has 0 aliphatic heterocycles. The summed E-state index contributed by atoms with van der Waals surface area (Å²) in [4.78, 5) is 34.6. The standard InChI is InChI=1S/C20H21ClN4O5/c1-3-29-17-9-13(11-23-25-20(28)19(27)22-2)7-8-16(17)30-12-18(26)24-15-6-4-5-14(21)10-15/h4-11H,3,12H2,1-2H3,(H,22,27)(H,24,26)(H,25,28)/b23-11-. The molecule has 3 amide bonds. The highest BCUT2D eigenvalue weighted by molar-refractivity contribution is 6.35. The lowest BCUT2D eigenvalue weighted by atomic mass is 10.2. The smallest absolute Gasteiger partial charge is 0.329 e. The van der Waals surface area contributed by atoms with Gasteiger partial charge in [-0.25, -0.2) is 5.43 Å². The van der Waals surface area contributed by atoms with Crippen molar-refractivity contribution in [2.75, 3.05) is 25.6 Å². The molecule has 0 bridgehead atoms. The molecule has 0 fully saturated rings. The molecule has 2 rings (SSSR count). The molecule has 10 heteroatoms. The van der Waals surface area contributed by atoms with Crippen molar-refractivity contribution in [2.24, 2.45) is 5.10 Å². The van der Waals surface area contributed by atoms with Crippen LogP contribution in [0, 0.1) is 0 Å². The monoisotopic (exact) mass is 432 g/mol. The van der Waals surface area contributed by atoms with Crippen LogP contribution in [0.15, 0.2) is 47.6 Å². The lowest BCUT2D eigenvalue weighted by Gasteiger charge is -2.12. The van der Waals surface area contributed by atoms with E-state index in [1.807, 2.05) is 0 Å². The summed E-state index contributed by atoms with van der Waals surface area (Å²) in [6.45, 7) is 1.95. The van der Waals surface area contributed by atoms with E-state index in [0.29, 0.717) is 34.4 Å². The minimum atomic E-state index is -0.885. The second-order valence-corrected chi connectivity index (χ2v) is 6.20. The number of amides is 3. The number of halogens is 1. The molecule has 0 aromatic heterocycles. The lowest BCUT2D eigenvalue weighted by molar-refractivity contribution is -0.138. The lowest BCUT2D eigenvalue weighted by Crippen LogP contribution is -2.35. The Morgan fingerprint density at radius 1 is 1.07 bits per heavy atom. The van der Waals surface area contributed by atoms with Crippen molar-refractivity contribution in [3.8, 4) is 11.5 Å². The van der Waals surface area contributed by atoms with Gasteiger partial charge < -0.3 is 20.1 Å². The Hall–Kier alpha value is -3.59. The van der Waals surface area contributed by atoms with Crippen LogP contribution in [0.1, 0.15) is 12.5 Å². The third-order valence-electron chi connectivity index (χ3n) is 3.55. The summed E-state index contributed by atoms with van der Waals surface area (Å²) in [7, 11) is 1.34. The molecule has 0 aliphatic carbocycles. The first-order chi connectivity index (χ1) is 14.4. The van der Waals surface area contributed by atoms with Gasteiger partial charge in [0.05, 0.1) is 12.8 Å². The largest absolute Gasteiger partial charge is 0.490 e. The molecule has 0 atom stereocenters. The van der Waals surface area contributed by atoms with Crippen LogP contribution in [0.2, 0.25) is 5.02 Å². The van der Waals surface area contributed by atoms with E-state index in [-0.39, 0.29) is 12.5 Å². The summed E-state index contributed by atoms with van der Waals surface area (Å²) in [5, 5.41) is 9.10. The Labute approximate surface area is 178 Å². The Kier molecular flexibility index (Phi) is 8.64. The average Bonchev–Trinajstić information content (AvgIpc) is 2.72. The normalized spacial score (nSPS) is 10.4. The van der Waals surface area contributed by atoms with Gasteiger partial charge in [-0.3, -0.25) is 14.4 Å². The fourth-order valence-electron chi connectivity index (χ4n) is 2.23. The number of carbonyl (C=O) groups excluding carboxylic acids is 3. The van der Waals surface area contributed by atoms with Crippen LogP contribution in [0.3, 0.4) is 0 Å². The number of nitrogens with one attached hydrogen (secondary N) is 3. The molecule has 0 unspecified atom stereocenters. The molecule has 0 aliphatic rings. The third kappa shape index (κ3) is 7.10. The second kappa shape index (κ2) is 11.4. The first kappa shape index (κ1) is 22.7. The molecule has 0 spiro atoms. The molecule has 0 saturated heterocycles. The number of nitrogens with zero attached hydrogens (tertiary/aromatic N) is 1. The fraction of sp³-hybridized carbons (Fsp3) is 0.200. The number of benzene rings is 2. The Morgan fingerprint density at radius 3 is 2.57 bits per heavy atom. The van der Waals surface area contributed by atoms with Gasteiger partial charge in [0.25, 0.3) is 5.91 Å². The zero-order valence-electron chi connectivity index (χ0n) is 16.4. The number of ether oxygens (including phenoxy) is 2. The highest BCUT2D eigenvalue weighted by atomic mass is 35.5. The molecule has 2 aromatic carbocycles. The number of hydrogen-bond donors (Lipinski definition) is 3. The molecule has 0 radical (unpaired) electrons. The number of rotatable bonds is 8. The predicted octanol–water partition coefficient (Wildman–Crippen LogP) is 1.95. The molecular formula is C20H21ClN4O5. The van der Waals surface area contributed by atoms with Gasteiger partial charge in [-0.15, -0.1) is 0 Å². The summed E-state index contributed by atoms with van der Waals surface area (Å²) in [5.74, 6) is -1.28. The van der Waals surface area contributed by atoms with Crippen molar-refractivity contribution in [1.82, 2.24) is 10.7 Å². The Balaban J connectivity index is 1.99. The minimum Gasteiger partial charge on any atom is -0.490 e. The van der Waals surface area contributed by atoms with Crippen LogP contribution in [0.25, 0.3) is 0 Å². The van der Waals surface area contributed by atoms with Gasteiger partial charge in [0.15, 0.2) is 18.1 Å². The van der Waals surface area contributed by atoms with Crippen LogP contribution in [-0.4, -0.2) is 44.2 Å². The summed E-state index contributed by atoms with van der Waals surface area (Å²) in [5.41, 5.74) is 3.25.